The summed E-state index contributed by atoms with van der Waals surface area (Å²) >= 11 is 0. The Labute approximate surface area is 129 Å². The molecule has 1 aliphatic rings. The number of morpholine rings is 1. The number of nitrogens with one attached hydrogen (secondary N) is 1. The quantitative estimate of drug-likeness (QED) is 0.901. The third kappa shape index (κ3) is 4.53. The number of benzene rings is 1. The second-order valence-corrected chi connectivity index (χ2v) is 6.85. The van der Waals surface area contributed by atoms with Crippen LogP contribution in [0.3, 0.4) is 0 Å². The SMILES string of the molecule is CCNC(CN1CC(C)OC(C)(C)C1)c1ccccc1C. The summed E-state index contributed by atoms with van der Waals surface area (Å²) in [6.07, 6.45) is 0.299. The molecule has 0 amide bonds. The van der Waals surface area contributed by atoms with Gasteiger partial charge in [-0.05, 0) is 45.4 Å². The van der Waals surface area contributed by atoms with Crippen molar-refractivity contribution >= 4 is 0 Å². The maximum atomic E-state index is 6.01. The summed E-state index contributed by atoms with van der Waals surface area (Å²) in [5, 5.41) is 3.65. The van der Waals surface area contributed by atoms with Gasteiger partial charge in [0, 0.05) is 25.7 Å². The number of rotatable bonds is 5. The second-order valence-electron chi connectivity index (χ2n) is 6.85. The lowest BCUT2D eigenvalue weighted by Crippen LogP contribution is -2.53. The Bertz CT molecular complexity index is 458. The average Bonchev–Trinajstić information content (AvgIpc) is 2.36. The Morgan fingerprint density at radius 2 is 2.10 bits per heavy atom. The van der Waals surface area contributed by atoms with Gasteiger partial charge in [-0.15, -0.1) is 0 Å². The smallest absolute Gasteiger partial charge is 0.0757 e. The number of hydrogen-bond donors (Lipinski definition) is 1. The Morgan fingerprint density at radius 3 is 2.71 bits per heavy atom. The van der Waals surface area contributed by atoms with Crippen LogP contribution in [-0.2, 0) is 4.74 Å². The van der Waals surface area contributed by atoms with Gasteiger partial charge in [-0.1, -0.05) is 31.2 Å². The van der Waals surface area contributed by atoms with Crippen molar-refractivity contribution in [3.8, 4) is 0 Å². The first kappa shape index (κ1) is 16.5. The van der Waals surface area contributed by atoms with Crippen LogP contribution in [0.4, 0.5) is 0 Å². The molecule has 118 valence electrons. The van der Waals surface area contributed by atoms with Gasteiger partial charge >= 0.3 is 0 Å². The minimum absolute atomic E-state index is 0.0554. The van der Waals surface area contributed by atoms with Crippen molar-refractivity contribution in [3.63, 3.8) is 0 Å². The van der Waals surface area contributed by atoms with Crippen molar-refractivity contribution in [1.29, 1.82) is 0 Å². The molecule has 0 aromatic heterocycles. The van der Waals surface area contributed by atoms with E-state index in [4.69, 9.17) is 4.74 Å². The van der Waals surface area contributed by atoms with Crippen molar-refractivity contribution in [3.05, 3.63) is 35.4 Å². The largest absolute Gasteiger partial charge is 0.370 e. The predicted octanol–water partition coefficient (Wildman–Crippen LogP) is 3.14. The molecule has 0 bridgehead atoms. The van der Waals surface area contributed by atoms with E-state index in [0.29, 0.717) is 12.1 Å². The molecule has 1 aromatic carbocycles. The molecule has 0 saturated carbocycles. The van der Waals surface area contributed by atoms with E-state index in [1.807, 2.05) is 0 Å². The minimum atomic E-state index is -0.0554. The van der Waals surface area contributed by atoms with Gasteiger partial charge in [-0.2, -0.15) is 0 Å². The molecule has 1 aromatic rings. The summed E-state index contributed by atoms with van der Waals surface area (Å²) in [6.45, 7) is 14.9. The molecule has 21 heavy (non-hydrogen) atoms. The maximum Gasteiger partial charge on any atom is 0.0757 e. The fourth-order valence-electron chi connectivity index (χ4n) is 3.48. The molecule has 2 unspecified atom stereocenters. The second kappa shape index (κ2) is 6.91. The fourth-order valence-corrected chi connectivity index (χ4v) is 3.48. The molecule has 0 spiro atoms. The minimum Gasteiger partial charge on any atom is -0.370 e. The monoisotopic (exact) mass is 290 g/mol. The van der Waals surface area contributed by atoms with Crippen molar-refractivity contribution in [2.24, 2.45) is 0 Å². The number of nitrogens with zero attached hydrogens (tertiary/aromatic N) is 1. The lowest BCUT2D eigenvalue weighted by atomic mass is 9.99. The topological polar surface area (TPSA) is 24.5 Å². The summed E-state index contributed by atoms with van der Waals surface area (Å²) in [4.78, 5) is 2.54. The summed E-state index contributed by atoms with van der Waals surface area (Å²) in [6, 6.07) is 9.08. The highest BCUT2D eigenvalue weighted by molar-refractivity contribution is 5.29. The first-order valence-electron chi connectivity index (χ1n) is 8.10. The van der Waals surface area contributed by atoms with Crippen molar-refractivity contribution in [2.45, 2.75) is 52.4 Å². The summed E-state index contributed by atoms with van der Waals surface area (Å²) in [7, 11) is 0. The van der Waals surface area contributed by atoms with E-state index in [0.717, 1.165) is 26.2 Å². The van der Waals surface area contributed by atoms with Gasteiger partial charge in [-0.3, -0.25) is 4.90 Å². The molecule has 1 N–H and O–H groups in total. The number of likely N-dealkylation sites (N-methyl/N-ethyl adjacent to an activating group) is 1. The number of hydrogen-bond acceptors (Lipinski definition) is 3. The molecule has 3 nitrogen and oxygen atoms in total. The first-order chi connectivity index (χ1) is 9.91. The van der Waals surface area contributed by atoms with Crippen LogP contribution in [0, 0.1) is 6.92 Å². The molecule has 2 rings (SSSR count). The molecule has 0 radical (unpaired) electrons. The average molecular weight is 290 g/mol. The Balaban J connectivity index is 2.11. The van der Waals surface area contributed by atoms with E-state index < -0.39 is 0 Å². The van der Waals surface area contributed by atoms with Crippen molar-refractivity contribution in [1.82, 2.24) is 10.2 Å². The highest BCUT2D eigenvalue weighted by Crippen LogP contribution is 2.24. The lowest BCUT2D eigenvalue weighted by molar-refractivity contribution is -0.130. The zero-order valence-electron chi connectivity index (χ0n) is 14.1. The summed E-state index contributed by atoms with van der Waals surface area (Å²) < 4.78 is 6.01. The predicted molar refractivity (Wildman–Crippen MR) is 88.7 cm³/mol. The molecular weight excluding hydrogens is 260 g/mol. The van der Waals surface area contributed by atoms with Gasteiger partial charge in [-0.25, -0.2) is 0 Å². The van der Waals surface area contributed by atoms with Gasteiger partial charge < -0.3 is 10.1 Å². The number of aryl methyl sites for hydroxylation is 1. The van der Waals surface area contributed by atoms with Gasteiger partial charge in [0.15, 0.2) is 0 Å². The molecule has 1 saturated heterocycles. The molecule has 1 fully saturated rings. The van der Waals surface area contributed by atoms with Crippen LogP contribution < -0.4 is 5.32 Å². The maximum absolute atomic E-state index is 6.01. The third-order valence-corrected chi connectivity index (χ3v) is 4.10. The zero-order valence-corrected chi connectivity index (χ0v) is 14.1. The van der Waals surface area contributed by atoms with Crippen LogP contribution in [-0.4, -0.2) is 42.8 Å². The van der Waals surface area contributed by atoms with Crippen LogP contribution in [0.2, 0.25) is 0 Å². The van der Waals surface area contributed by atoms with Crippen LogP contribution >= 0.6 is 0 Å². The van der Waals surface area contributed by atoms with Crippen LogP contribution in [0.15, 0.2) is 24.3 Å². The number of ether oxygens (including phenoxy) is 1. The fraction of sp³-hybridized carbons (Fsp3) is 0.667. The Morgan fingerprint density at radius 1 is 1.38 bits per heavy atom. The van der Waals surface area contributed by atoms with E-state index in [-0.39, 0.29) is 5.60 Å². The highest BCUT2D eigenvalue weighted by Gasteiger charge is 2.32. The van der Waals surface area contributed by atoms with Gasteiger partial charge in [0.05, 0.1) is 11.7 Å². The van der Waals surface area contributed by atoms with Crippen molar-refractivity contribution in [2.75, 3.05) is 26.2 Å². The molecule has 2 atom stereocenters. The van der Waals surface area contributed by atoms with E-state index in [1.165, 1.54) is 11.1 Å². The molecule has 1 heterocycles. The first-order valence-corrected chi connectivity index (χ1v) is 8.10. The van der Waals surface area contributed by atoms with Crippen LogP contribution in [0.5, 0.6) is 0 Å². The standard InChI is InChI=1S/C18H30N2O/c1-6-19-17(16-10-8-7-9-14(16)2)12-20-11-15(3)21-18(4,5)13-20/h7-10,15,17,19H,6,11-13H2,1-5H3. The summed E-state index contributed by atoms with van der Waals surface area (Å²) in [5.74, 6) is 0. The summed E-state index contributed by atoms with van der Waals surface area (Å²) in [5.41, 5.74) is 2.72. The van der Waals surface area contributed by atoms with E-state index >= 15 is 0 Å². The van der Waals surface area contributed by atoms with E-state index in [9.17, 15) is 0 Å². The molecule has 3 heteroatoms. The molecule has 1 aliphatic heterocycles. The Hall–Kier alpha value is -0.900. The highest BCUT2D eigenvalue weighted by atomic mass is 16.5. The van der Waals surface area contributed by atoms with Crippen LogP contribution in [0.25, 0.3) is 0 Å². The van der Waals surface area contributed by atoms with Crippen LogP contribution in [0.1, 0.15) is 44.9 Å². The van der Waals surface area contributed by atoms with E-state index in [1.54, 1.807) is 0 Å². The van der Waals surface area contributed by atoms with Gasteiger partial charge in [0.1, 0.15) is 0 Å². The molecular formula is C18H30N2O. The van der Waals surface area contributed by atoms with Crippen molar-refractivity contribution < 1.29 is 4.74 Å². The normalized spacial score (nSPS) is 24.0. The zero-order chi connectivity index (χ0) is 15.5. The van der Waals surface area contributed by atoms with E-state index in [2.05, 4.69) is 69.1 Å². The van der Waals surface area contributed by atoms with Gasteiger partial charge in [0.2, 0.25) is 0 Å². The lowest BCUT2D eigenvalue weighted by Gasteiger charge is -2.43. The molecule has 0 aliphatic carbocycles. The van der Waals surface area contributed by atoms with Gasteiger partial charge in [0.25, 0.3) is 0 Å². The Kier molecular flexibility index (Phi) is 5.42. The third-order valence-electron chi connectivity index (χ3n) is 4.10.